The quantitative estimate of drug-likeness (QED) is 0.924. The molecule has 0 amide bonds. The summed E-state index contributed by atoms with van der Waals surface area (Å²) < 4.78 is 37.8. The molecule has 0 saturated heterocycles. The second-order valence-corrected chi connectivity index (χ2v) is 6.01. The van der Waals surface area contributed by atoms with Gasteiger partial charge in [-0.2, -0.15) is 0 Å². The Hall–Kier alpha value is -1.79. The smallest absolute Gasteiger partial charge is 0.185 e. The van der Waals surface area contributed by atoms with Crippen LogP contribution in [0.15, 0.2) is 47.5 Å². The van der Waals surface area contributed by atoms with Crippen molar-refractivity contribution in [2.24, 2.45) is 5.73 Å². The first-order valence-corrected chi connectivity index (χ1v) is 7.29. The fraction of sp³-hybridized carbons (Fsp3) is 0.154. The second kappa shape index (κ2) is 5.46. The fourth-order valence-electron chi connectivity index (χ4n) is 1.72. The first-order valence-electron chi connectivity index (χ1n) is 5.64. The monoisotopic (exact) mass is 280 g/mol. The predicted octanol–water partition coefficient (Wildman–Crippen LogP) is 1.65. The van der Waals surface area contributed by atoms with Gasteiger partial charge in [0.05, 0.1) is 11.4 Å². The van der Waals surface area contributed by atoms with E-state index in [0.717, 1.165) is 6.07 Å². The number of halogens is 1. The van der Waals surface area contributed by atoms with E-state index in [4.69, 9.17) is 5.73 Å². The van der Waals surface area contributed by atoms with Gasteiger partial charge in [0.15, 0.2) is 9.84 Å². The average Bonchev–Trinajstić information content (AvgIpc) is 2.38. The van der Waals surface area contributed by atoms with E-state index in [2.05, 4.69) is 4.98 Å². The zero-order valence-electron chi connectivity index (χ0n) is 10.1. The zero-order valence-corrected chi connectivity index (χ0v) is 10.9. The molecule has 0 aliphatic carbocycles. The molecule has 1 aromatic heterocycles. The highest BCUT2D eigenvalue weighted by Gasteiger charge is 2.19. The molecule has 2 rings (SSSR count). The third kappa shape index (κ3) is 3.15. The number of hydrogen-bond donors (Lipinski definition) is 1. The summed E-state index contributed by atoms with van der Waals surface area (Å²) in [7, 11) is -3.71. The van der Waals surface area contributed by atoms with E-state index in [1.165, 1.54) is 24.4 Å². The maximum absolute atomic E-state index is 13.5. The van der Waals surface area contributed by atoms with Crippen LogP contribution in [-0.2, 0) is 22.1 Å². The molecule has 6 heteroatoms. The summed E-state index contributed by atoms with van der Waals surface area (Å²) >= 11 is 0. The van der Waals surface area contributed by atoms with Gasteiger partial charge in [0.1, 0.15) is 10.7 Å². The molecule has 0 radical (unpaired) electrons. The molecule has 2 N–H and O–H groups in total. The van der Waals surface area contributed by atoms with Gasteiger partial charge in [-0.15, -0.1) is 0 Å². The largest absolute Gasteiger partial charge is 0.325 e. The molecule has 0 bridgehead atoms. The van der Waals surface area contributed by atoms with Gasteiger partial charge < -0.3 is 5.73 Å². The van der Waals surface area contributed by atoms with E-state index >= 15 is 0 Å². The molecule has 4 nitrogen and oxygen atoms in total. The van der Waals surface area contributed by atoms with Gasteiger partial charge >= 0.3 is 0 Å². The summed E-state index contributed by atoms with van der Waals surface area (Å²) in [4.78, 5) is 3.69. The van der Waals surface area contributed by atoms with E-state index in [1.807, 2.05) is 0 Å². The van der Waals surface area contributed by atoms with Crippen LogP contribution in [0.4, 0.5) is 4.39 Å². The van der Waals surface area contributed by atoms with Gasteiger partial charge in [-0.3, -0.25) is 4.98 Å². The normalized spacial score (nSPS) is 11.5. The second-order valence-electron chi connectivity index (χ2n) is 4.05. The van der Waals surface area contributed by atoms with Crippen molar-refractivity contribution < 1.29 is 12.8 Å². The predicted molar refractivity (Wildman–Crippen MR) is 69.4 cm³/mol. The third-order valence-electron chi connectivity index (χ3n) is 2.62. The molecule has 0 aliphatic heterocycles. The molecule has 0 spiro atoms. The lowest BCUT2D eigenvalue weighted by atomic mass is 10.2. The summed E-state index contributed by atoms with van der Waals surface area (Å²) in [6, 6.07) is 8.53. The number of nitrogens with zero attached hydrogens (tertiary/aromatic N) is 1. The first kappa shape index (κ1) is 13.6. The molecule has 1 aromatic carbocycles. The number of aromatic nitrogens is 1. The lowest BCUT2D eigenvalue weighted by Gasteiger charge is -2.06. The highest BCUT2D eigenvalue weighted by molar-refractivity contribution is 7.90. The van der Waals surface area contributed by atoms with E-state index in [0.29, 0.717) is 11.3 Å². The van der Waals surface area contributed by atoms with Crippen molar-refractivity contribution in [2.45, 2.75) is 17.2 Å². The molecule has 0 fully saturated rings. The minimum atomic E-state index is -3.71. The third-order valence-corrected chi connectivity index (χ3v) is 4.33. The summed E-state index contributed by atoms with van der Waals surface area (Å²) in [5.41, 5.74) is 6.58. The van der Waals surface area contributed by atoms with Crippen LogP contribution in [0.2, 0.25) is 0 Å². The van der Waals surface area contributed by atoms with Crippen molar-refractivity contribution in [1.29, 1.82) is 0 Å². The molecule has 100 valence electrons. The summed E-state index contributed by atoms with van der Waals surface area (Å²) in [5, 5.41) is 0. The molecule has 2 aromatic rings. The van der Waals surface area contributed by atoms with Crippen LogP contribution in [0.3, 0.4) is 0 Å². The lowest BCUT2D eigenvalue weighted by Crippen LogP contribution is -2.08. The SMILES string of the molecule is NCc1cc(CS(=O)(=O)c2ccccc2F)ccn1. The minimum absolute atomic E-state index is 0.230. The summed E-state index contributed by atoms with van der Waals surface area (Å²) in [5.74, 6) is -1.01. The highest BCUT2D eigenvalue weighted by atomic mass is 32.2. The van der Waals surface area contributed by atoms with Crippen LogP contribution in [0.5, 0.6) is 0 Å². The standard InChI is InChI=1S/C13H13FN2O2S/c14-12-3-1-2-4-13(12)19(17,18)9-10-5-6-16-11(7-10)8-15/h1-7H,8-9,15H2. The van der Waals surface area contributed by atoms with Gasteiger partial charge in [0.2, 0.25) is 0 Å². The van der Waals surface area contributed by atoms with Crippen molar-refractivity contribution in [3.8, 4) is 0 Å². The Morgan fingerprint density at radius 3 is 2.63 bits per heavy atom. The number of pyridine rings is 1. The molecule has 0 atom stereocenters. The van der Waals surface area contributed by atoms with Crippen molar-refractivity contribution in [3.63, 3.8) is 0 Å². The van der Waals surface area contributed by atoms with Crippen LogP contribution in [0.25, 0.3) is 0 Å². The van der Waals surface area contributed by atoms with Crippen LogP contribution in [0.1, 0.15) is 11.3 Å². The topological polar surface area (TPSA) is 73.1 Å². The van der Waals surface area contributed by atoms with Crippen LogP contribution in [0, 0.1) is 5.82 Å². The maximum atomic E-state index is 13.5. The van der Waals surface area contributed by atoms with E-state index in [9.17, 15) is 12.8 Å². The van der Waals surface area contributed by atoms with E-state index in [1.54, 1.807) is 12.1 Å². The molecular formula is C13H13FN2O2S. The number of nitrogens with two attached hydrogens (primary N) is 1. The molecular weight excluding hydrogens is 267 g/mol. The Morgan fingerprint density at radius 2 is 1.95 bits per heavy atom. The fourth-order valence-corrected chi connectivity index (χ4v) is 3.15. The molecule has 19 heavy (non-hydrogen) atoms. The van der Waals surface area contributed by atoms with Gasteiger partial charge in [-0.25, -0.2) is 12.8 Å². The van der Waals surface area contributed by atoms with Gasteiger partial charge in [-0.1, -0.05) is 12.1 Å². The maximum Gasteiger partial charge on any atom is 0.185 e. The van der Waals surface area contributed by atoms with Crippen molar-refractivity contribution in [3.05, 3.63) is 59.7 Å². The molecule has 0 unspecified atom stereocenters. The Balaban J connectivity index is 2.34. The van der Waals surface area contributed by atoms with Crippen LogP contribution < -0.4 is 5.73 Å². The van der Waals surface area contributed by atoms with Gasteiger partial charge in [0.25, 0.3) is 0 Å². The van der Waals surface area contributed by atoms with Gasteiger partial charge in [0, 0.05) is 12.7 Å². The zero-order chi connectivity index (χ0) is 13.9. The Bertz CT molecular complexity index is 687. The molecule has 0 aliphatic rings. The number of hydrogen-bond acceptors (Lipinski definition) is 4. The first-order chi connectivity index (χ1) is 9.03. The van der Waals surface area contributed by atoms with Crippen molar-refractivity contribution in [1.82, 2.24) is 4.98 Å². The Morgan fingerprint density at radius 1 is 1.21 bits per heavy atom. The van der Waals surface area contributed by atoms with E-state index < -0.39 is 15.7 Å². The van der Waals surface area contributed by atoms with Crippen molar-refractivity contribution in [2.75, 3.05) is 0 Å². The summed E-state index contributed by atoms with van der Waals surface area (Å²) in [6.45, 7) is 0.230. The molecule has 0 saturated carbocycles. The number of rotatable bonds is 4. The van der Waals surface area contributed by atoms with Crippen molar-refractivity contribution >= 4 is 9.84 Å². The van der Waals surface area contributed by atoms with E-state index in [-0.39, 0.29) is 17.2 Å². The van der Waals surface area contributed by atoms with Crippen LogP contribution >= 0.6 is 0 Å². The average molecular weight is 280 g/mol. The number of benzene rings is 1. The molecule has 1 heterocycles. The number of sulfone groups is 1. The van der Waals surface area contributed by atoms with Gasteiger partial charge in [-0.05, 0) is 29.8 Å². The Labute approximate surface area is 111 Å². The Kier molecular flexibility index (Phi) is 3.92. The van der Waals surface area contributed by atoms with Crippen LogP contribution in [-0.4, -0.2) is 13.4 Å². The lowest BCUT2D eigenvalue weighted by molar-refractivity contribution is 0.566. The highest BCUT2D eigenvalue weighted by Crippen LogP contribution is 2.19. The summed E-state index contributed by atoms with van der Waals surface area (Å²) in [6.07, 6.45) is 1.49. The minimum Gasteiger partial charge on any atom is -0.325 e.